The van der Waals surface area contributed by atoms with Crippen molar-refractivity contribution in [1.29, 1.82) is 0 Å². The van der Waals surface area contributed by atoms with Gasteiger partial charge in [-0.25, -0.2) is 0 Å². The van der Waals surface area contributed by atoms with Crippen LogP contribution in [-0.2, 0) is 13.5 Å². The summed E-state index contributed by atoms with van der Waals surface area (Å²) in [4.78, 5) is 0. The van der Waals surface area contributed by atoms with Gasteiger partial charge in [0.25, 0.3) is 0 Å². The van der Waals surface area contributed by atoms with E-state index in [0.29, 0.717) is 22.9 Å². The lowest BCUT2D eigenvalue weighted by Gasteiger charge is -2.19. The third-order valence-electron chi connectivity index (χ3n) is 3.51. The van der Waals surface area contributed by atoms with E-state index in [1.54, 1.807) is 18.9 Å². The summed E-state index contributed by atoms with van der Waals surface area (Å²) in [5.74, 6) is 1.41. The maximum absolute atomic E-state index is 6.37. The first-order valence-corrected chi connectivity index (χ1v) is 7.01. The fourth-order valence-corrected chi connectivity index (χ4v) is 2.69. The van der Waals surface area contributed by atoms with Crippen LogP contribution in [0.5, 0.6) is 11.5 Å². The van der Waals surface area contributed by atoms with Crippen LogP contribution in [0.25, 0.3) is 0 Å². The Morgan fingerprint density at radius 1 is 1.29 bits per heavy atom. The largest absolute Gasteiger partial charge is 0.496 e. The molecule has 0 spiro atoms. The van der Waals surface area contributed by atoms with Crippen molar-refractivity contribution < 1.29 is 9.47 Å². The molecule has 114 valence electrons. The highest BCUT2D eigenvalue weighted by molar-refractivity contribution is 6.31. The van der Waals surface area contributed by atoms with Crippen molar-refractivity contribution in [2.24, 2.45) is 12.8 Å². The van der Waals surface area contributed by atoms with Crippen LogP contribution in [0.1, 0.15) is 23.0 Å². The average molecular weight is 310 g/mol. The van der Waals surface area contributed by atoms with Crippen LogP contribution >= 0.6 is 11.6 Å². The Morgan fingerprint density at radius 2 is 1.86 bits per heavy atom. The van der Waals surface area contributed by atoms with Crippen LogP contribution in [0.4, 0.5) is 0 Å². The molecule has 0 amide bonds. The number of rotatable bonds is 5. The molecule has 2 aromatic rings. The molecule has 1 unspecified atom stereocenters. The van der Waals surface area contributed by atoms with E-state index in [1.165, 1.54) is 0 Å². The van der Waals surface area contributed by atoms with Gasteiger partial charge in [0.2, 0.25) is 0 Å². The minimum absolute atomic E-state index is 0.302. The van der Waals surface area contributed by atoms with Gasteiger partial charge in [-0.3, -0.25) is 4.68 Å². The molecule has 0 aliphatic heterocycles. The summed E-state index contributed by atoms with van der Waals surface area (Å²) < 4.78 is 12.6. The van der Waals surface area contributed by atoms with Gasteiger partial charge >= 0.3 is 0 Å². The number of aryl methyl sites for hydroxylation is 2. The zero-order valence-corrected chi connectivity index (χ0v) is 13.4. The van der Waals surface area contributed by atoms with E-state index < -0.39 is 0 Å². The number of ether oxygens (including phenoxy) is 2. The van der Waals surface area contributed by atoms with Crippen molar-refractivity contribution in [3.05, 3.63) is 40.2 Å². The summed E-state index contributed by atoms with van der Waals surface area (Å²) in [5.41, 5.74) is 8.90. The first kappa shape index (κ1) is 15.7. The van der Waals surface area contributed by atoms with Gasteiger partial charge in [0.1, 0.15) is 11.5 Å². The molecule has 1 aromatic carbocycles. The zero-order valence-electron chi connectivity index (χ0n) is 12.7. The van der Waals surface area contributed by atoms with Gasteiger partial charge in [-0.1, -0.05) is 17.7 Å². The number of halogens is 1. The second-order valence-electron chi connectivity index (χ2n) is 4.86. The van der Waals surface area contributed by atoms with E-state index in [4.69, 9.17) is 26.8 Å². The Balaban J connectivity index is 2.38. The number of nitrogens with zero attached hydrogens (tertiary/aromatic N) is 2. The smallest absolute Gasteiger partial charge is 0.127 e. The number of aromatic nitrogens is 2. The third kappa shape index (κ3) is 2.99. The van der Waals surface area contributed by atoms with Gasteiger partial charge in [-0.05, 0) is 19.1 Å². The van der Waals surface area contributed by atoms with Gasteiger partial charge in [-0.15, -0.1) is 0 Å². The van der Waals surface area contributed by atoms with Gasteiger partial charge in [0.15, 0.2) is 0 Å². The molecule has 21 heavy (non-hydrogen) atoms. The molecule has 0 saturated carbocycles. The Morgan fingerprint density at radius 3 is 2.29 bits per heavy atom. The quantitative estimate of drug-likeness (QED) is 0.922. The standard InChI is InChI=1S/C15H20ClN3O2/c1-9-15(16)11(19(2)18-9)8-10(17)14-12(20-3)6-5-7-13(14)21-4/h5-7,10H,8,17H2,1-4H3. The molecule has 0 saturated heterocycles. The number of methoxy groups -OCH3 is 2. The van der Waals surface area contributed by atoms with Crippen LogP contribution in [0.2, 0.25) is 5.02 Å². The van der Waals surface area contributed by atoms with Crippen molar-refractivity contribution in [1.82, 2.24) is 9.78 Å². The summed E-state index contributed by atoms with van der Waals surface area (Å²) in [5, 5.41) is 4.96. The molecule has 1 atom stereocenters. The summed E-state index contributed by atoms with van der Waals surface area (Å²) in [6.45, 7) is 1.88. The maximum atomic E-state index is 6.37. The van der Waals surface area contributed by atoms with E-state index in [9.17, 15) is 0 Å². The molecule has 1 heterocycles. The molecule has 6 heteroatoms. The predicted molar refractivity (Wildman–Crippen MR) is 83.1 cm³/mol. The Bertz CT molecular complexity index is 618. The van der Waals surface area contributed by atoms with E-state index in [0.717, 1.165) is 17.0 Å². The monoisotopic (exact) mass is 309 g/mol. The minimum atomic E-state index is -0.302. The first-order valence-electron chi connectivity index (χ1n) is 6.64. The summed E-state index contributed by atoms with van der Waals surface area (Å²) in [7, 11) is 5.10. The van der Waals surface area contributed by atoms with Crippen LogP contribution in [0, 0.1) is 6.92 Å². The molecule has 2 rings (SSSR count). The number of hydrogen-bond donors (Lipinski definition) is 1. The van der Waals surface area contributed by atoms with E-state index >= 15 is 0 Å². The van der Waals surface area contributed by atoms with Gasteiger partial charge < -0.3 is 15.2 Å². The number of nitrogens with two attached hydrogens (primary N) is 1. The topological polar surface area (TPSA) is 62.3 Å². The molecule has 1 aromatic heterocycles. The molecule has 0 bridgehead atoms. The Hall–Kier alpha value is -1.72. The van der Waals surface area contributed by atoms with Crippen molar-refractivity contribution in [3.8, 4) is 11.5 Å². The third-order valence-corrected chi connectivity index (χ3v) is 4.00. The second kappa shape index (κ2) is 6.37. The lowest BCUT2D eigenvalue weighted by molar-refractivity contribution is 0.378. The molecule has 0 aliphatic rings. The highest BCUT2D eigenvalue weighted by atomic mass is 35.5. The molecular formula is C15H20ClN3O2. The lowest BCUT2D eigenvalue weighted by Crippen LogP contribution is -2.17. The first-order chi connectivity index (χ1) is 9.99. The number of hydrogen-bond acceptors (Lipinski definition) is 4. The lowest BCUT2D eigenvalue weighted by atomic mass is 10.0. The molecule has 2 N–H and O–H groups in total. The van der Waals surface area contributed by atoms with Crippen LogP contribution < -0.4 is 15.2 Å². The fourth-order valence-electron chi connectivity index (χ4n) is 2.46. The Labute approximate surface area is 129 Å². The molecule has 5 nitrogen and oxygen atoms in total. The van der Waals surface area contributed by atoms with E-state index in [2.05, 4.69) is 5.10 Å². The second-order valence-corrected chi connectivity index (χ2v) is 5.23. The summed E-state index contributed by atoms with van der Waals surface area (Å²) >= 11 is 6.29. The molecule has 0 radical (unpaired) electrons. The van der Waals surface area contributed by atoms with Crippen LogP contribution in [-0.4, -0.2) is 24.0 Å². The molecule has 0 aliphatic carbocycles. The highest BCUT2D eigenvalue weighted by Crippen LogP contribution is 2.35. The SMILES string of the molecule is COc1cccc(OC)c1C(N)Cc1c(Cl)c(C)nn1C. The van der Waals surface area contributed by atoms with E-state index in [1.807, 2.05) is 32.2 Å². The predicted octanol–water partition coefficient (Wildman–Crippen LogP) is 2.64. The highest BCUT2D eigenvalue weighted by Gasteiger charge is 2.21. The maximum Gasteiger partial charge on any atom is 0.127 e. The van der Waals surface area contributed by atoms with Crippen molar-refractivity contribution >= 4 is 11.6 Å². The van der Waals surface area contributed by atoms with Crippen molar-refractivity contribution in [2.75, 3.05) is 14.2 Å². The van der Waals surface area contributed by atoms with E-state index in [-0.39, 0.29) is 6.04 Å². The Kier molecular flexibility index (Phi) is 4.75. The zero-order chi connectivity index (χ0) is 15.6. The van der Waals surface area contributed by atoms with Gasteiger partial charge in [0, 0.05) is 19.5 Å². The normalized spacial score (nSPS) is 12.3. The molecular weight excluding hydrogens is 290 g/mol. The average Bonchev–Trinajstić information content (AvgIpc) is 2.72. The number of benzene rings is 1. The summed E-state index contributed by atoms with van der Waals surface area (Å²) in [6.07, 6.45) is 0.549. The van der Waals surface area contributed by atoms with Crippen molar-refractivity contribution in [3.63, 3.8) is 0 Å². The van der Waals surface area contributed by atoms with Gasteiger partial charge in [0.05, 0.1) is 36.2 Å². The fraction of sp³-hybridized carbons (Fsp3) is 0.400. The van der Waals surface area contributed by atoms with Crippen LogP contribution in [0.3, 0.4) is 0 Å². The molecule has 0 fully saturated rings. The van der Waals surface area contributed by atoms with Gasteiger partial charge in [-0.2, -0.15) is 5.10 Å². The minimum Gasteiger partial charge on any atom is -0.496 e. The van der Waals surface area contributed by atoms with Crippen molar-refractivity contribution in [2.45, 2.75) is 19.4 Å². The summed E-state index contributed by atoms with van der Waals surface area (Å²) in [6, 6.07) is 5.31. The van der Waals surface area contributed by atoms with Crippen LogP contribution in [0.15, 0.2) is 18.2 Å².